The molecule has 0 saturated heterocycles. The van der Waals surface area contributed by atoms with Crippen LogP contribution in [0.5, 0.6) is 0 Å². The average Bonchev–Trinajstić information content (AvgIpc) is 2.80. The molecule has 0 aliphatic carbocycles. The van der Waals surface area contributed by atoms with Gasteiger partial charge in [-0.05, 0) is 17.7 Å². The zero-order valence-corrected chi connectivity index (χ0v) is 12.2. The molecule has 1 atom stereocenters. The number of hydrogen-bond donors (Lipinski definition) is 1. The first-order valence-electron chi connectivity index (χ1n) is 7.59. The van der Waals surface area contributed by atoms with Crippen LogP contribution in [0.3, 0.4) is 0 Å². The molecule has 4 rings (SSSR count). The lowest BCUT2D eigenvalue weighted by atomic mass is 10.0. The van der Waals surface area contributed by atoms with Crippen LogP contribution in [0.15, 0.2) is 48.5 Å². The van der Waals surface area contributed by atoms with Crippen molar-refractivity contribution in [3.8, 4) is 0 Å². The van der Waals surface area contributed by atoms with E-state index in [1.165, 1.54) is 16.0 Å². The minimum Gasteiger partial charge on any atom is -0.313 e. The predicted octanol–water partition coefficient (Wildman–Crippen LogP) is 0.815. The van der Waals surface area contributed by atoms with Gasteiger partial charge in [0.25, 0.3) is 5.78 Å². The Hall–Kier alpha value is -2.46. The number of para-hydroxylation sites is 1. The quantitative estimate of drug-likeness (QED) is 0.833. The van der Waals surface area contributed by atoms with Crippen LogP contribution in [0.25, 0.3) is 0 Å². The minimum atomic E-state index is -0.396. The van der Waals surface area contributed by atoms with Gasteiger partial charge in [-0.2, -0.15) is 0 Å². The highest BCUT2D eigenvalue weighted by Gasteiger charge is 2.37. The molecule has 0 spiro atoms. The summed E-state index contributed by atoms with van der Waals surface area (Å²) in [4.78, 5) is 27.2. The highest BCUT2D eigenvalue weighted by atomic mass is 16.2. The lowest BCUT2D eigenvalue weighted by molar-refractivity contribution is -0.914. The fourth-order valence-electron chi connectivity index (χ4n) is 3.41. The molecule has 2 aliphatic heterocycles. The molecule has 0 aromatic heterocycles. The summed E-state index contributed by atoms with van der Waals surface area (Å²) >= 11 is 0. The van der Waals surface area contributed by atoms with Gasteiger partial charge in [-0.15, -0.1) is 0 Å². The number of anilines is 1. The Morgan fingerprint density at radius 3 is 2.55 bits per heavy atom. The van der Waals surface area contributed by atoms with E-state index in [1.54, 1.807) is 17.0 Å². The van der Waals surface area contributed by atoms with Crippen molar-refractivity contribution in [2.45, 2.75) is 13.0 Å². The molecule has 1 N–H and O–H groups in total. The van der Waals surface area contributed by atoms with Gasteiger partial charge >= 0.3 is 5.91 Å². The van der Waals surface area contributed by atoms with E-state index >= 15 is 0 Å². The summed E-state index contributed by atoms with van der Waals surface area (Å²) in [6, 6.07) is 15.7. The summed E-state index contributed by atoms with van der Waals surface area (Å²) in [6.45, 7) is 2.43. The molecule has 0 bridgehead atoms. The monoisotopic (exact) mass is 293 g/mol. The van der Waals surface area contributed by atoms with Crippen molar-refractivity contribution in [3.05, 3.63) is 65.2 Å². The Morgan fingerprint density at radius 1 is 0.955 bits per heavy atom. The van der Waals surface area contributed by atoms with Crippen molar-refractivity contribution >= 4 is 17.4 Å². The van der Waals surface area contributed by atoms with E-state index in [1.807, 2.05) is 12.1 Å². The molecule has 2 heterocycles. The molecule has 1 amide bonds. The third-order valence-corrected chi connectivity index (χ3v) is 4.57. The van der Waals surface area contributed by atoms with E-state index in [9.17, 15) is 9.59 Å². The number of carbonyl (C=O) groups excluding carboxylic acids is 2. The normalized spacial score (nSPS) is 20.0. The van der Waals surface area contributed by atoms with E-state index in [-0.39, 0.29) is 5.78 Å². The van der Waals surface area contributed by atoms with Gasteiger partial charge in [0.15, 0.2) is 6.67 Å². The summed E-state index contributed by atoms with van der Waals surface area (Å²) in [6.07, 6.45) is 1.02. The Balaban J connectivity index is 1.58. The third-order valence-electron chi connectivity index (χ3n) is 4.57. The number of benzene rings is 2. The molecule has 2 aromatic rings. The second kappa shape index (κ2) is 5.07. The molecule has 4 heteroatoms. The highest BCUT2D eigenvalue weighted by molar-refractivity contribution is 6.52. The van der Waals surface area contributed by atoms with E-state index < -0.39 is 5.91 Å². The zero-order chi connectivity index (χ0) is 15.1. The standard InChI is InChI=1S/C18H16N2O2/c21-17-15-7-3-4-8-16(15)20(18(17)22)12-19-10-9-13-5-1-2-6-14(13)11-19/h1-8H,9-12H2/p+1. The van der Waals surface area contributed by atoms with Gasteiger partial charge in [-0.1, -0.05) is 36.4 Å². The van der Waals surface area contributed by atoms with Crippen molar-refractivity contribution in [1.29, 1.82) is 0 Å². The van der Waals surface area contributed by atoms with Crippen LogP contribution in [-0.2, 0) is 17.8 Å². The van der Waals surface area contributed by atoms with Crippen molar-refractivity contribution in [1.82, 2.24) is 0 Å². The topological polar surface area (TPSA) is 41.8 Å². The molecule has 0 saturated carbocycles. The Labute approximate surface area is 129 Å². The number of nitrogens with zero attached hydrogens (tertiary/aromatic N) is 1. The van der Waals surface area contributed by atoms with Crippen LogP contribution >= 0.6 is 0 Å². The first kappa shape index (κ1) is 13.2. The van der Waals surface area contributed by atoms with Gasteiger partial charge in [0.1, 0.15) is 6.54 Å². The van der Waals surface area contributed by atoms with Crippen LogP contribution in [-0.4, -0.2) is 24.9 Å². The maximum Gasteiger partial charge on any atom is 0.303 e. The number of hydrogen-bond acceptors (Lipinski definition) is 2. The van der Waals surface area contributed by atoms with E-state index in [0.717, 1.165) is 25.2 Å². The first-order chi connectivity index (χ1) is 10.7. The van der Waals surface area contributed by atoms with Crippen molar-refractivity contribution < 1.29 is 14.5 Å². The van der Waals surface area contributed by atoms with Gasteiger partial charge in [0.05, 0.1) is 17.8 Å². The van der Waals surface area contributed by atoms with Crippen LogP contribution in [0.1, 0.15) is 21.5 Å². The number of nitrogens with one attached hydrogen (secondary N) is 1. The number of amides is 1. The van der Waals surface area contributed by atoms with Gasteiger partial charge < -0.3 is 4.90 Å². The van der Waals surface area contributed by atoms with E-state index in [4.69, 9.17) is 0 Å². The molecule has 0 fully saturated rings. The average molecular weight is 293 g/mol. The number of Topliss-reactive ketones (excluding diaryl/α,β-unsaturated/α-hetero) is 1. The second-order valence-corrected chi connectivity index (χ2v) is 5.93. The van der Waals surface area contributed by atoms with Crippen LogP contribution in [0, 0.1) is 0 Å². The van der Waals surface area contributed by atoms with Crippen LogP contribution in [0.2, 0.25) is 0 Å². The number of rotatable bonds is 2. The SMILES string of the molecule is O=C1C(=O)N(C[NH+]2CCc3ccccc3C2)c2ccccc21. The van der Waals surface area contributed by atoms with Gasteiger partial charge in [0.2, 0.25) is 0 Å². The Kier molecular flexibility index (Phi) is 3.05. The molecule has 4 nitrogen and oxygen atoms in total. The lowest BCUT2D eigenvalue weighted by Gasteiger charge is -2.29. The maximum atomic E-state index is 12.2. The minimum absolute atomic E-state index is 0.382. The van der Waals surface area contributed by atoms with Gasteiger partial charge in [0, 0.05) is 12.0 Å². The highest BCUT2D eigenvalue weighted by Crippen LogP contribution is 2.27. The van der Waals surface area contributed by atoms with E-state index in [0.29, 0.717) is 12.2 Å². The van der Waals surface area contributed by atoms with Crippen molar-refractivity contribution in [2.24, 2.45) is 0 Å². The predicted molar refractivity (Wildman–Crippen MR) is 82.8 cm³/mol. The molecule has 2 aliphatic rings. The molecule has 22 heavy (non-hydrogen) atoms. The Morgan fingerprint density at radius 2 is 1.68 bits per heavy atom. The maximum absolute atomic E-state index is 12.2. The van der Waals surface area contributed by atoms with Crippen LogP contribution < -0.4 is 9.80 Å². The molecular formula is C18H17N2O2+. The van der Waals surface area contributed by atoms with Crippen molar-refractivity contribution in [2.75, 3.05) is 18.1 Å². The van der Waals surface area contributed by atoms with E-state index in [2.05, 4.69) is 24.3 Å². The number of ketones is 1. The smallest absolute Gasteiger partial charge is 0.303 e. The molecule has 1 unspecified atom stereocenters. The zero-order valence-electron chi connectivity index (χ0n) is 12.2. The summed E-state index contributed by atoms with van der Waals surface area (Å²) in [7, 11) is 0. The summed E-state index contributed by atoms with van der Waals surface area (Å²) in [5.41, 5.74) is 4.03. The van der Waals surface area contributed by atoms with Gasteiger partial charge in [-0.25, -0.2) is 0 Å². The lowest BCUT2D eigenvalue weighted by Crippen LogP contribution is -3.13. The van der Waals surface area contributed by atoms with Crippen LogP contribution in [0.4, 0.5) is 5.69 Å². The third kappa shape index (κ3) is 2.04. The Bertz CT molecular complexity index is 769. The summed E-state index contributed by atoms with van der Waals surface area (Å²) < 4.78 is 0. The molecular weight excluding hydrogens is 276 g/mol. The number of carbonyl (C=O) groups is 2. The summed E-state index contributed by atoms with van der Waals surface area (Å²) in [5.74, 6) is -0.778. The molecule has 110 valence electrons. The second-order valence-electron chi connectivity index (χ2n) is 5.93. The summed E-state index contributed by atoms with van der Waals surface area (Å²) in [5, 5.41) is 0. The first-order valence-corrected chi connectivity index (χ1v) is 7.59. The number of fused-ring (bicyclic) bond motifs is 2. The van der Waals surface area contributed by atoms with Crippen molar-refractivity contribution in [3.63, 3.8) is 0 Å². The van der Waals surface area contributed by atoms with Gasteiger partial charge in [-0.3, -0.25) is 14.5 Å². The number of quaternary nitrogens is 1. The fraction of sp³-hybridized carbons (Fsp3) is 0.222. The largest absolute Gasteiger partial charge is 0.313 e. The fourth-order valence-corrected chi connectivity index (χ4v) is 3.41. The molecule has 2 aromatic carbocycles. The molecule has 0 radical (unpaired) electrons.